The lowest BCUT2D eigenvalue weighted by Gasteiger charge is -2.13. The Morgan fingerprint density at radius 3 is 3.06 bits per heavy atom. The summed E-state index contributed by atoms with van der Waals surface area (Å²) in [5, 5.41) is 0. The SMILES string of the molecule is CCCCC(N)c1nc2cnccc2n1C1CC1. The van der Waals surface area contributed by atoms with Crippen LogP contribution in [0.25, 0.3) is 11.0 Å². The molecular formula is C14H20N4. The highest BCUT2D eigenvalue weighted by Crippen LogP contribution is 2.39. The van der Waals surface area contributed by atoms with Gasteiger partial charge in [0.1, 0.15) is 11.3 Å². The minimum Gasteiger partial charge on any atom is -0.323 e. The number of rotatable bonds is 5. The van der Waals surface area contributed by atoms with Crippen molar-refractivity contribution in [2.75, 3.05) is 0 Å². The highest BCUT2D eigenvalue weighted by molar-refractivity contribution is 5.75. The van der Waals surface area contributed by atoms with E-state index in [9.17, 15) is 0 Å². The fraction of sp³-hybridized carbons (Fsp3) is 0.571. The molecule has 2 aromatic rings. The second-order valence-electron chi connectivity index (χ2n) is 5.18. The number of fused-ring (bicyclic) bond motifs is 1. The molecule has 4 heteroatoms. The number of hydrogen-bond acceptors (Lipinski definition) is 3. The average molecular weight is 244 g/mol. The molecule has 3 rings (SSSR count). The Morgan fingerprint density at radius 1 is 1.50 bits per heavy atom. The zero-order chi connectivity index (χ0) is 12.5. The molecule has 0 aliphatic heterocycles. The summed E-state index contributed by atoms with van der Waals surface area (Å²) in [7, 11) is 0. The molecule has 18 heavy (non-hydrogen) atoms. The number of imidazole rings is 1. The van der Waals surface area contributed by atoms with Gasteiger partial charge >= 0.3 is 0 Å². The third kappa shape index (κ3) is 2.01. The lowest BCUT2D eigenvalue weighted by molar-refractivity contribution is 0.543. The lowest BCUT2D eigenvalue weighted by atomic mass is 10.1. The molecule has 1 fully saturated rings. The molecule has 0 bridgehead atoms. The summed E-state index contributed by atoms with van der Waals surface area (Å²) in [6.07, 6.45) is 9.53. The monoisotopic (exact) mass is 244 g/mol. The summed E-state index contributed by atoms with van der Waals surface area (Å²) in [5.74, 6) is 1.05. The molecule has 1 atom stereocenters. The summed E-state index contributed by atoms with van der Waals surface area (Å²) in [5.41, 5.74) is 8.47. The van der Waals surface area contributed by atoms with Gasteiger partial charge in [-0.3, -0.25) is 4.98 Å². The third-order valence-corrected chi connectivity index (χ3v) is 3.63. The van der Waals surface area contributed by atoms with E-state index in [2.05, 4.69) is 22.5 Å². The predicted octanol–water partition coefficient (Wildman–Crippen LogP) is 2.96. The van der Waals surface area contributed by atoms with Gasteiger partial charge in [-0.25, -0.2) is 4.98 Å². The summed E-state index contributed by atoms with van der Waals surface area (Å²) in [6, 6.07) is 2.72. The van der Waals surface area contributed by atoms with Crippen LogP contribution in [0.4, 0.5) is 0 Å². The van der Waals surface area contributed by atoms with E-state index >= 15 is 0 Å². The fourth-order valence-electron chi connectivity index (χ4n) is 2.50. The van der Waals surface area contributed by atoms with Crippen LogP contribution < -0.4 is 5.73 Å². The second-order valence-corrected chi connectivity index (χ2v) is 5.18. The summed E-state index contributed by atoms with van der Waals surface area (Å²) in [6.45, 7) is 2.19. The minimum absolute atomic E-state index is 0.0537. The van der Waals surface area contributed by atoms with Gasteiger partial charge in [-0.15, -0.1) is 0 Å². The van der Waals surface area contributed by atoms with Crippen LogP contribution in [-0.2, 0) is 0 Å². The molecule has 0 aromatic carbocycles. The zero-order valence-electron chi connectivity index (χ0n) is 10.8. The molecule has 0 amide bonds. The maximum atomic E-state index is 6.31. The Morgan fingerprint density at radius 2 is 2.33 bits per heavy atom. The Labute approximate surface area is 107 Å². The largest absolute Gasteiger partial charge is 0.323 e. The molecule has 1 unspecified atom stereocenters. The van der Waals surface area contributed by atoms with Gasteiger partial charge in [-0.2, -0.15) is 0 Å². The van der Waals surface area contributed by atoms with Gasteiger partial charge in [0.2, 0.25) is 0 Å². The molecule has 1 aliphatic carbocycles. The van der Waals surface area contributed by atoms with E-state index in [-0.39, 0.29) is 6.04 Å². The van der Waals surface area contributed by atoms with E-state index in [4.69, 9.17) is 10.7 Å². The summed E-state index contributed by atoms with van der Waals surface area (Å²) >= 11 is 0. The van der Waals surface area contributed by atoms with Crippen molar-refractivity contribution < 1.29 is 0 Å². The van der Waals surface area contributed by atoms with Crippen LogP contribution in [0.1, 0.15) is 56.9 Å². The molecule has 0 spiro atoms. The molecule has 2 aromatic heterocycles. The quantitative estimate of drug-likeness (QED) is 0.879. The highest BCUT2D eigenvalue weighted by atomic mass is 15.1. The number of hydrogen-bond donors (Lipinski definition) is 1. The van der Waals surface area contributed by atoms with Gasteiger partial charge < -0.3 is 10.3 Å². The maximum Gasteiger partial charge on any atom is 0.127 e. The van der Waals surface area contributed by atoms with Gasteiger partial charge in [0.25, 0.3) is 0 Å². The standard InChI is InChI=1S/C14H20N4/c1-2-3-4-11(15)14-17-12-9-16-8-7-13(12)18(14)10-5-6-10/h7-11H,2-6,15H2,1H3. The van der Waals surface area contributed by atoms with Crippen molar-refractivity contribution in [3.63, 3.8) is 0 Å². The normalized spacial score (nSPS) is 17.2. The van der Waals surface area contributed by atoms with Crippen LogP contribution in [0.5, 0.6) is 0 Å². The third-order valence-electron chi connectivity index (χ3n) is 3.63. The number of nitrogens with two attached hydrogens (primary N) is 1. The van der Waals surface area contributed by atoms with Crippen molar-refractivity contribution >= 4 is 11.0 Å². The minimum atomic E-state index is 0.0537. The first-order valence-electron chi connectivity index (χ1n) is 6.88. The Balaban J connectivity index is 2.01. The number of unbranched alkanes of at least 4 members (excludes halogenated alkanes) is 1. The predicted molar refractivity (Wildman–Crippen MR) is 72.3 cm³/mol. The van der Waals surface area contributed by atoms with E-state index in [1.54, 1.807) is 0 Å². The smallest absolute Gasteiger partial charge is 0.127 e. The van der Waals surface area contributed by atoms with Gasteiger partial charge in [0, 0.05) is 12.2 Å². The van der Waals surface area contributed by atoms with E-state index in [0.29, 0.717) is 6.04 Å². The molecule has 1 aliphatic rings. The Bertz CT molecular complexity index is 542. The lowest BCUT2D eigenvalue weighted by Crippen LogP contribution is -2.16. The van der Waals surface area contributed by atoms with Gasteiger partial charge in [-0.05, 0) is 25.3 Å². The van der Waals surface area contributed by atoms with E-state index in [1.807, 2.05) is 12.4 Å². The van der Waals surface area contributed by atoms with Gasteiger partial charge in [0.15, 0.2) is 0 Å². The van der Waals surface area contributed by atoms with E-state index in [1.165, 1.54) is 24.8 Å². The fourth-order valence-corrected chi connectivity index (χ4v) is 2.50. The van der Waals surface area contributed by atoms with Gasteiger partial charge in [-0.1, -0.05) is 19.8 Å². The van der Waals surface area contributed by atoms with Crippen LogP contribution >= 0.6 is 0 Å². The topological polar surface area (TPSA) is 56.7 Å². The first kappa shape index (κ1) is 11.7. The van der Waals surface area contributed by atoms with Crippen LogP contribution in [0.3, 0.4) is 0 Å². The maximum absolute atomic E-state index is 6.31. The summed E-state index contributed by atoms with van der Waals surface area (Å²) < 4.78 is 2.34. The van der Waals surface area contributed by atoms with Crippen LogP contribution in [-0.4, -0.2) is 14.5 Å². The van der Waals surface area contributed by atoms with Crippen molar-refractivity contribution in [3.05, 3.63) is 24.3 Å². The first-order chi connectivity index (χ1) is 8.81. The van der Waals surface area contributed by atoms with E-state index in [0.717, 1.165) is 24.2 Å². The van der Waals surface area contributed by atoms with Crippen LogP contribution in [0.15, 0.2) is 18.5 Å². The number of pyridine rings is 1. The summed E-state index contributed by atoms with van der Waals surface area (Å²) in [4.78, 5) is 8.85. The first-order valence-corrected chi connectivity index (χ1v) is 6.88. The molecule has 0 saturated heterocycles. The molecule has 2 N–H and O–H groups in total. The number of aromatic nitrogens is 3. The van der Waals surface area contributed by atoms with Crippen molar-refractivity contribution in [1.82, 2.24) is 14.5 Å². The van der Waals surface area contributed by atoms with Crippen LogP contribution in [0, 0.1) is 0 Å². The second kappa shape index (κ2) is 4.69. The molecular weight excluding hydrogens is 224 g/mol. The van der Waals surface area contributed by atoms with Crippen LogP contribution in [0.2, 0.25) is 0 Å². The molecule has 2 heterocycles. The Kier molecular flexibility index (Phi) is 3.04. The Hall–Kier alpha value is -1.42. The molecule has 4 nitrogen and oxygen atoms in total. The van der Waals surface area contributed by atoms with Crippen molar-refractivity contribution in [3.8, 4) is 0 Å². The molecule has 1 saturated carbocycles. The number of nitrogens with zero attached hydrogens (tertiary/aromatic N) is 3. The van der Waals surface area contributed by atoms with E-state index < -0.39 is 0 Å². The van der Waals surface area contributed by atoms with Crippen molar-refractivity contribution in [2.24, 2.45) is 5.73 Å². The van der Waals surface area contributed by atoms with Crippen molar-refractivity contribution in [1.29, 1.82) is 0 Å². The van der Waals surface area contributed by atoms with Crippen molar-refractivity contribution in [2.45, 2.75) is 51.1 Å². The molecule has 0 radical (unpaired) electrons. The molecule has 96 valence electrons. The highest BCUT2D eigenvalue weighted by Gasteiger charge is 2.29. The van der Waals surface area contributed by atoms with Gasteiger partial charge in [0.05, 0.1) is 17.8 Å². The zero-order valence-corrected chi connectivity index (χ0v) is 10.8. The average Bonchev–Trinajstić information content (AvgIpc) is 3.15.